The van der Waals surface area contributed by atoms with Crippen LogP contribution in [0, 0.1) is 0 Å². The molecule has 0 aliphatic heterocycles. The van der Waals surface area contributed by atoms with Crippen molar-refractivity contribution < 1.29 is 29.1 Å². The summed E-state index contributed by atoms with van der Waals surface area (Å²) in [4.78, 5) is 57.1. The number of hydrogen-bond acceptors (Lipinski definition) is 7. The first-order valence-electron chi connectivity index (χ1n) is 7.33. The van der Waals surface area contributed by atoms with Gasteiger partial charge in [0.25, 0.3) is 0 Å². The molecule has 0 aromatic heterocycles. The summed E-state index contributed by atoms with van der Waals surface area (Å²) in [5.74, 6) is -4.15. The normalized spacial score (nSPS) is 13.9. The predicted molar refractivity (Wildman–Crippen MR) is 90.4 cm³/mol. The predicted octanol–water partition coefficient (Wildman–Crippen LogP) is -3.30. The van der Waals surface area contributed by atoms with E-state index in [1.54, 1.807) is 0 Å². The minimum absolute atomic E-state index is 0.0659. The standard InChI is InChI=1S/C13H23N5O6S/c1-6(14)11(22)18-8(5-25)13(24)17-7(2-3-9(15)19)12(23)16-4-10(20)21/h6-8,25H,2-5,14H2,1H3,(H2,15,19)(H,16,23)(H,17,24)(H,18,22)(H,20,21). The molecule has 0 saturated heterocycles. The summed E-state index contributed by atoms with van der Waals surface area (Å²) in [7, 11) is 0. The van der Waals surface area contributed by atoms with Crippen molar-refractivity contribution >= 4 is 42.2 Å². The maximum atomic E-state index is 12.2. The van der Waals surface area contributed by atoms with Crippen LogP contribution in [0.3, 0.4) is 0 Å². The van der Waals surface area contributed by atoms with Gasteiger partial charge in [-0.25, -0.2) is 0 Å². The second kappa shape index (κ2) is 11.3. The van der Waals surface area contributed by atoms with Crippen molar-refractivity contribution in [3.63, 3.8) is 0 Å². The molecule has 8 N–H and O–H groups in total. The van der Waals surface area contributed by atoms with E-state index in [0.717, 1.165) is 0 Å². The number of hydrogen-bond donors (Lipinski definition) is 7. The topological polar surface area (TPSA) is 194 Å². The molecule has 25 heavy (non-hydrogen) atoms. The van der Waals surface area contributed by atoms with E-state index in [0.29, 0.717) is 0 Å². The van der Waals surface area contributed by atoms with Gasteiger partial charge in [-0.1, -0.05) is 0 Å². The lowest BCUT2D eigenvalue weighted by molar-refractivity contribution is -0.138. The van der Waals surface area contributed by atoms with E-state index in [-0.39, 0.29) is 18.6 Å². The van der Waals surface area contributed by atoms with Gasteiger partial charge >= 0.3 is 5.97 Å². The second-order valence-electron chi connectivity index (χ2n) is 5.21. The molecule has 12 heteroatoms. The van der Waals surface area contributed by atoms with Crippen molar-refractivity contribution in [1.29, 1.82) is 0 Å². The largest absolute Gasteiger partial charge is 0.480 e. The summed E-state index contributed by atoms with van der Waals surface area (Å²) < 4.78 is 0. The van der Waals surface area contributed by atoms with Crippen LogP contribution < -0.4 is 27.4 Å². The fourth-order valence-corrected chi connectivity index (χ4v) is 1.87. The van der Waals surface area contributed by atoms with Crippen molar-refractivity contribution in [3.8, 4) is 0 Å². The molecule has 0 aliphatic carbocycles. The van der Waals surface area contributed by atoms with E-state index >= 15 is 0 Å². The fraction of sp³-hybridized carbons (Fsp3) is 0.615. The SMILES string of the molecule is CC(N)C(=O)NC(CS)C(=O)NC(CCC(N)=O)C(=O)NCC(=O)O. The van der Waals surface area contributed by atoms with Gasteiger partial charge in [0.15, 0.2) is 0 Å². The molecular formula is C13H23N5O6S. The highest BCUT2D eigenvalue weighted by molar-refractivity contribution is 7.80. The van der Waals surface area contributed by atoms with Gasteiger partial charge < -0.3 is 32.5 Å². The summed E-state index contributed by atoms with van der Waals surface area (Å²) in [6.07, 6.45) is -0.337. The number of amides is 4. The molecular weight excluding hydrogens is 354 g/mol. The third-order valence-electron chi connectivity index (χ3n) is 2.96. The van der Waals surface area contributed by atoms with Crippen LogP contribution in [0.2, 0.25) is 0 Å². The van der Waals surface area contributed by atoms with Gasteiger partial charge in [0, 0.05) is 12.2 Å². The number of carbonyl (C=O) groups is 5. The number of rotatable bonds is 11. The van der Waals surface area contributed by atoms with Crippen LogP contribution in [0.25, 0.3) is 0 Å². The van der Waals surface area contributed by atoms with Gasteiger partial charge in [0.05, 0.1) is 6.04 Å². The van der Waals surface area contributed by atoms with Gasteiger partial charge in [0.2, 0.25) is 23.6 Å². The Kier molecular flexibility index (Phi) is 10.2. The molecule has 142 valence electrons. The summed E-state index contributed by atoms with van der Waals surface area (Å²) in [6.45, 7) is 0.775. The van der Waals surface area contributed by atoms with Gasteiger partial charge in [-0.3, -0.25) is 24.0 Å². The van der Waals surface area contributed by atoms with Crippen molar-refractivity contribution in [2.45, 2.75) is 37.9 Å². The first kappa shape index (κ1) is 22.7. The molecule has 0 radical (unpaired) electrons. The van der Waals surface area contributed by atoms with Crippen LogP contribution >= 0.6 is 12.6 Å². The molecule has 0 spiro atoms. The number of carboxylic acid groups (broad SMARTS) is 1. The molecule has 0 aromatic carbocycles. The molecule has 11 nitrogen and oxygen atoms in total. The maximum absolute atomic E-state index is 12.2. The highest BCUT2D eigenvalue weighted by atomic mass is 32.1. The van der Waals surface area contributed by atoms with E-state index in [2.05, 4.69) is 28.6 Å². The first-order valence-corrected chi connectivity index (χ1v) is 7.96. The van der Waals surface area contributed by atoms with Crippen LogP contribution in [0.15, 0.2) is 0 Å². The van der Waals surface area contributed by atoms with Crippen LogP contribution in [0.4, 0.5) is 0 Å². The Morgan fingerprint density at radius 1 is 1.04 bits per heavy atom. The number of carbonyl (C=O) groups excluding carboxylic acids is 4. The number of thiol groups is 1. The van der Waals surface area contributed by atoms with Crippen molar-refractivity contribution in [2.24, 2.45) is 11.5 Å². The summed E-state index contributed by atoms with van der Waals surface area (Å²) >= 11 is 3.96. The van der Waals surface area contributed by atoms with Crippen molar-refractivity contribution in [1.82, 2.24) is 16.0 Å². The van der Waals surface area contributed by atoms with E-state index in [9.17, 15) is 24.0 Å². The molecule has 0 fully saturated rings. The number of nitrogens with one attached hydrogen (secondary N) is 3. The molecule has 0 heterocycles. The van der Waals surface area contributed by atoms with E-state index < -0.39 is 54.3 Å². The number of aliphatic carboxylic acids is 1. The molecule has 3 atom stereocenters. The Morgan fingerprint density at radius 3 is 2.04 bits per heavy atom. The van der Waals surface area contributed by atoms with Gasteiger partial charge in [-0.2, -0.15) is 12.6 Å². The lowest BCUT2D eigenvalue weighted by Crippen LogP contribution is -2.56. The molecule has 0 saturated carbocycles. The lowest BCUT2D eigenvalue weighted by Gasteiger charge is -2.22. The third-order valence-corrected chi connectivity index (χ3v) is 3.32. The zero-order chi connectivity index (χ0) is 19.6. The minimum Gasteiger partial charge on any atom is -0.480 e. The van der Waals surface area contributed by atoms with Crippen LogP contribution in [0.5, 0.6) is 0 Å². The number of primary amides is 1. The summed E-state index contributed by atoms with van der Waals surface area (Å²) in [6, 6.07) is -3.11. The third kappa shape index (κ3) is 9.52. The average molecular weight is 377 g/mol. The maximum Gasteiger partial charge on any atom is 0.322 e. The van der Waals surface area contributed by atoms with Crippen LogP contribution in [0.1, 0.15) is 19.8 Å². The van der Waals surface area contributed by atoms with Gasteiger partial charge in [-0.15, -0.1) is 0 Å². The Hall–Kier alpha value is -2.34. The Bertz CT molecular complexity index is 527. The zero-order valence-corrected chi connectivity index (χ0v) is 14.5. The molecule has 0 aromatic rings. The average Bonchev–Trinajstić information content (AvgIpc) is 2.53. The van der Waals surface area contributed by atoms with E-state index in [1.165, 1.54) is 6.92 Å². The molecule has 0 rings (SSSR count). The molecule has 4 amide bonds. The second-order valence-corrected chi connectivity index (χ2v) is 5.58. The number of carboxylic acids is 1. The Balaban J connectivity index is 4.96. The zero-order valence-electron chi connectivity index (χ0n) is 13.7. The molecule has 3 unspecified atom stereocenters. The summed E-state index contributed by atoms with van der Waals surface area (Å²) in [5, 5.41) is 15.4. The molecule has 0 aliphatic rings. The highest BCUT2D eigenvalue weighted by Gasteiger charge is 2.27. The van der Waals surface area contributed by atoms with Crippen LogP contribution in [-0.4, -0.2) is 65.1 Å². The van der Waals surface area contributed by atoms with Crippen molar-refractivity contribution in [2.75, 3.05) is 12.3 Å². The summed E-state index contributed by atoms with van der Waals surface area (Å²) in [5.41, 5.74) is 10.4. The lowest BCUT2D eigenvalue weighted by atomic mass is 10.1. The quantitative estimate of drug-likeness (QED) is 0.183. The Morgan fingerprint density at radius 2 is 1.60 bits per heavy atom. The number of nitrogens with two attached hydrogens (primary N) is 2. The minimum atomic E-state index is -1.27. The highest BCUT2D eigenvalue weighted by Crippen LogP contribution is 2.00. The molecule has 0 bridgehead atoms. The van der Waals surface area contributed by atoms with Crippen LogP contribution in [-0.2, 0) is 24.0 Å². The smallest absolute Gasteiger partial charge is 0.322 e. The van der Waals surface area contributed by atoms with E-state index in [1.807, 2.05) is 0 Å². The van der Waals surface area contributed by atoms with Gasteiger partial charge in [0.1, 0.15) is 18.6 Å². The Labute approximate surface area is 149 Å². The fourth-order valence-electron chi connectivity index (χ4n) is 1.61. The van der Waals surface area contributed by atoms with Gasteiger partial charge in [-0.05, 0) is 13.3 Å². The first-order chi connectivity index (χ1) is 11.6. The monoisotopic (exact) mass is 377 g/mol. The van der Waals surface area contributed by atoms with E-state index in [4.69, 9.17) is 16.6 Å². The van der Waals surface area contributed by atoms with Crippen molar-refractivity contribution in [3.05, 3.63) is 0 Å².